The lowest BCUT2D eigenvalue weighted by Crippen LogP contribution is -2.41. The molecule has 2 saturated heterocycles. The highest BCUT2D eigenvalue weighted by Crippen LogP contribution is 2.35. The first kappa shape index (κ1) is 14.1. The molecule has 0 aromatic heterocycles. The van der Waals surface area contributed by atoms with Crippen molar-refractivity contribution in [1.82, 2.24) is 5.32 Å². The third-order valence-electron chi connectivity index (χ3n) is 3.65. The summed E-state index contributed by atoms with van der Waals surface area (Å²) < 4.78 is 47.1. The van der Waals surface area contributed by atoms with Crippen molar-refractivity contribution in [3.8, 4) is 0 Å². The maximum Gasteiger partial charge on any atom is 0.389 e. The number of rotatable bonds is 4. The van der Waals surface area contributed by atoms with E-state index in [1.54, 1.807) is 0 Å². The van der Waals surface area contributed by atoms with Gasteiger partial charge in [0.15, 0.2) is 0 Å². The van der Waals surface area contributed by atoms with Crippen molar-refractivity contribution in [3.05, 3.63) is 0 Å². The summed E-state index contributed by atoms with van der Waals surface area (Å²) in [4.78, 5) is 0. The topological polar surface area (TPSA) is 30.5 Å². The van der Waals surface area contributed by atoms with Crippen molar-refractivity contribution >= 4 is 0 Å². The van der Waals surface area contributed by atoms with E-state index in [1.807, 2.05) is 0 Å². The number of ether oxygens (including phenoxy) is 2. The van der Waals surface area contributed by atoms with Crippen molar-refractivity contribution in [3.63, 3.8) is 0 Å². The molecular formula is C12H20F3NO2. The molecule has 1 unspecified atom stereocenters. The summed E-state index contributed by atoms with van der Waals surface area (Å²) in [7, 11) is 0. The summed E-state index contributed by atoms with van der Waals surface area (Å²) in [5.41, 5.74) is -0.0834. The molecule has 0 amide bonds. The number of hydrogen-bond acceptors (Lipinski definition) is 3. The van der Waals surface area contributed by atoms with Gasteiger partial charge in [-0.25, -0.2) is 0 Å². The molecule has 2 aliphatic rings. The van der Waals surface area contributed by atoms with E-state index in [1.165, 1.54) is 0 Å². The largest absolute Gasteiger partial charge is 0.389 e. The zero-order valence-corrected chi connectivity index (χ0v) is 10.4. The number of piperidine rings is 1. The van der Waals surface area contributed by atoms with Crippen LogP contribution in [0.1, 0.15) is 32.1 Å². The predicted molar refractivity (Wildman–Crippen MR) is 60.4 cm³/mol. The zero-order valence-electron chi connectivity index (χ0n) is 10.4. The molecule has 106 valence electrons. The summed E-state index contributed by atoms with van der Waals surface area (Å²) in [6.07, 6.45) is -2.09. The Balaban J connectivity index is 1.64. The highest BCUT2D eigenvalue weighted by atomic mass is 19.4. The van der Waals surface area contributed by atoms with E-state index in [9.17, 15) is 13.2 Å². The van der Waals surface area contributed by atoms with Crippen LogP contribution in [-0.2, 0) is 9.47 Å². The number of halogens is 3. The highest BCUT2D eigenvalue weighted by Gasteiger charge is 2.41. The van der Waals surface area contributed by atoms with Gasteiger partial charge in [-0.15, -0.1) is 0 Å². The van der Waals surface area contributed by atoms with E-state index in [4.69, 9.17) is 9.47 Å². The lowest BCUT2D eigenvalue weighted by molar-refractivity contribution is -0.138. The summed E-state index contributed by atoms with van der Waals surface area (Å²) in [5, 5.41) is 3.27. The Morgan fingerprint density at radius 1 is 1.28 bits per heavy atom. The van der Waals surface area contributed by atoms with Crippen molar-refractivity contribution in [1.29, 1.82) is 0 Å². The summed E-state index contributed by atoms with van der Waals surface area (Å²) in [6.45, 7) is 2.58. The van der Waals surface area contributed by atoms with Crippen molar-refractivity contribution in [2.24, 2.45) is 0 Å². The quantitative estimate of drug-likeness (QED) is 0.793. The van der Waals surface area contributed by atoms with Crippen LogP contribution in [0.3, 0.4) is 0 Å². The molecule has 1 spiro atoms. The van der Waals surface area contributed by atoms with Crippen LogP contribution in [0, 0.1) is 0 Å². The first-order chi connectivity index (χ1) is 8.49. The van der Waals surface area contributed by atoms with Crippen LogP contribution in [-0.4, -0.2) is 44.2 Å². The lowest BCUT2D eigenvalue weighted by atomic mass is 9.89. The molecule has 6 heteroatoms. The van der Waals surface area contributed by atoms with E-state index < -0.39 is 12.6 Å². The highest BCUT2D eigenvalue weighted by molar-refractivity contribution is 4.93. The molecule has 1 atom stereocenters. The van der Waals surface area contributed by atoms with E-state index in [0.717, 1.165) is 32.4 Å². The fraction of sp³-hybridized carbons (Fsp3) is 1.00. The maximum absolute atomic E-state index is 12.0. The minimum atomic E-state index is -4.08. The Morgan fingerprint density at radius 3 is 2.67 bits per heavy atom. The predicted octanol–water partition coefficient (Wildman–Crippen LogP) is 2.26. The van der Waals surface area contributed by atoms with Gasteiger partial charge in [0.1, 0.15) is 0 Å². The second kappa shape index (κ2) is 5.75. The Hall–Kier alpha value is -0.330. The molecule has 0 saturated carbocycles. The molecule has 2 heterocycles. The summed E-state index contributed by atoms with van der Waals surface area (Å²) in [6, 6.07) is 0. The van der Waals surface area contributed by atoms with Gasteiger partial charge in [0, 0.05) is 19.4 Å². The van der Waals surface area contributed by atoms with Crippen LogP contribution in [0.5, 0.6) is 0 Å². The Kier molecular flexibility index (Phi) is 4.50. The number of nitrogens with one attached hydrogen (secondary N) is 1. The molecule has 3 nitrogen and oxygen atoms in total. The second-order valence-electron chi connectivity index (χ2n) is 5.16. The summed E-state index contributed by atoms with van der Waals surface area (Å²) in [5.74, 6) is 0. The van der Waals surface area contributed by atoms with Crippen molar-refractivity contribution in [2.75, 3.05) is 26.3 Å². The fourth-order valence-corrected chi connectivity index (χ4v) is 2.66. The van der Waals surface area contributed by atoms with Gasteiger partial charge in [-0.1, -0.05) is 0 Å². The first-order valence-corrected chi connectivity index (χ1v) is 6.52. The normalized spacial score (nSPS) is 27.8. The van der Waals surface area contributed by atoms with E-state index >= 15 is 0 Å². The van der Waals surface area contributed by atoms with Crippen LogP contribution < -0.4 is 5.32 Å². The minimum Gasteiger partial charge on any atom is -0.376 e. The average Bonchev–Trinajstić information content (AvgIpc) is 2.68. The van der Waals surface area contributed by atoms with Gasteiger partial charge in [-0.2, -0.15) is 13.2 Å². The fourth-order valence-electron chi connectivity index (χ4n) is 2.66. The Bertz CT molecular complexity index is 265. The number of hydrogen-bond donors (Lipinski definition) is 1. The molecule has 2 fully saturated rings. The molecule has 2 rings (SSSR count). The monoisotopic (exact) mass is 267 g/mol. The maximum atomic E-state index is 12.0. The summed E-state index contributed by atoms with van der Waals surface area (Å²) >= 11 is 0. The van der Waals surface area contributed by atoms with Gasteiger partial charge in [-0.3, -0.25) is 0 Å². The molecule has 2 aliphatic heterocycles. The Morgan fingerprint density at radius 2 is 2.00 bits per heavy atom. The second-order valence-corrected chi connectivity index (χ2v) is 5.16. The van der Waals surface area contributed by atoms with Gasteiger partial charge in [0.25, 0.3) is 0 Å². The smallest absolute Gasteiger partial charge is 0.376 e. The van der Waals surface area contributed by atoms with Gasteiger partial charge in [0.2, 0.25) is 0 Å². The standard InChI is InChI=1S/C12H20F3NO2/c13-12(14,15)2-1-7-17-10-8-11(18-9-10)3-5-16-6-4-11/h10,16H,1-9H2. The molecule has 18 heavy (non-hydrogen) atoms. The van der Waals surface area contributed by atoms with E-state index in [-0.39, 0.29) is 24.7 Å². The van der Waals surface area contributed by atoms with Crippen molar-refractivity contribution in [2.45, 2.75) is 50.0 Å². The van der Waals surface area contributed by atoms with Gasteiger partial charge in [-0.05, 0) is 32.4 Å². The minimum absolute atomic E-state index is 0.0312. The van der Waals surface area contributed by atoms with Crippen LogP contribution in [0.25, 0.3) is 0 Å². The Labute approximate surface area is 105 Å². The van der Waals surface area contributed by atoms with Gasteiger partial charge < -0.3 is 14.8 Å². The van der Waals surface area contributed by atoms with Gasteiger partial charge >= 0.3 is 6.18 Å². The van der Waals surface area contributed by atoms with Crippen LogP contribution in [0.15, 0.2) is 0 Å². The van der Waals surface area contributed by atoms with Crippen LogP contribution >= 0.6 is 0 Å². The molecule has 0 aromatic rings. The van der Waals surface area contributed by atoms with Crippen molar-refractivity contribution < 1.29 is 22.6 Å². The molecule has 0 radical (unpaired) electrons. The molecular weight excluding hydrogens is 247 g/mol. The molecule has 0 aliphatic carbocycles. The third kappa shape index (κ3) is 4.10. The molecule has 1 N–H and O–H groups in total. The van der Waals surface area contributed by atoms with Crippen LogP contribution in [0.2, 0.25) is 0 Å². The zero-order chi connectivity index (χ0) is 13.1. The van der Waals surface area contributed by atoms with E-state index in [0.29, 0.717) is 6.61 Å². The van der Waals surface area contributed by atoms with Crippen LogP contribution in [0.4, 0.5) is 13.2 Å². The molecule has 0 bridgehead atoms. The lowest BCUT2D eigenvalue weighted by Gasteiger charge is -2.32. The van der Waals surface area contributed by atoms with E-state index in [2.05, 4.69) is 5.32 Å². The molecule has 0 aromatic carbocycles. The SMILES string of the molecule is FC(F)(F)CCCOC1COC2(CCNCC2)C1. The average molecular weight is 267 g/mol. The van der Waals surface area contributed by atoms with Gasteiger partial charge in [0.05, 0.1) is 18.3 Å². The first-order valence-electron chi connectivity index (χ1n) is 6.52. The number of alkyl halides is 3. The third-order valence-corrected chi connectivity index (χ3v) is 3.65.